The van der Waals surface area contributed by atoms with Crippen molar-refractivity contribution in [1.82, 2.24) is 24.6 Å². The molecule has 3 heterocycles. The highest BCUT2D eigenvalue weighted by molar-refractivity contribution is 6.00. The Bertz CT molecular complexity index is 1070. The molecular formula is C21H21F3N6O2. The molecule has 3 aromatic heterocycles. The number of carbonyl (C=O) groups is 1. The summed E-state index contributed by atoms with van der Waals surface area (Å²) in [5.74, 6) is -0.391. The van der Waals surface area contributed by atoms with Gasteiger partial charge in [0.05, 0.1) is 17.8 Å². The Balaban J connectivity index is 1.64. The lowest BCUT2D eigenvalue weighted by Crippen LogP contribution is -2.50. The van der Waals surface area contributed by atoms with Crippen LogP contribution in [0.15, 0.2) is 49.4 Å². The molecule has 1 amide bonds. The van der Waals surface area contributed by atoms with Crippen LogP contribution in [0, 0.1) is 0 Å². The number of ether oxygens (including phenoxy) is 1. The Kier molecular flexibility index (Phi) is 6.17. The van der Waals surface area contributed by atoms with Crippen molar-refractivity contribution in [3.63, 3.8) is 0 Å². The van der Waals surface area contributed by atoms with Crippen molar-refractivity contribution in [2.24, 2.45) is 0 Å². The summed E-state index contributed by atoms with van der Waals surface area (Å²) >= 11 is 0. The fraction of sp³-hybridized carbons (Fsp3) is 0.381. The van der Waals surface area contributed by atoms with E-state index in [-0.39, 0.29) is 29.1 Å². The van der Waals surface area contributed by atoms with Gasteiger partial charge in [0, 0.05) is 31.3 Å². The minimum absolute atomic E-state index is 0.0722. The van der Waals surface area contributed by atoms with Gasteiger partial charge in [-0.1, -0.05) is 0 Å². The molecule has 0 saturated heterocycles. The van der Waals surface area contributed by atoms with Crippen molar-refractivity contribution in [3.8, 4) is 11.3 Å². The van der Waals surface area contributed by atoms with E-state index in [4.69, 9.17) is 4.74 Å². The van der Waals surface area contributed by atoms with E-state index in [0.717, 1.165) is 37.9 Å². The average molecular weight is 446 g/mol. The van der Waals surface area contributed by atoms with Crippen LogP contribution in [0.5, 0.6) is 0 Å². The quantitative estimate of drug-likeness (QED) is 0.597. The minimum Gasteiger partial charge on any atom is -0.381 e. The van der Waals surface area contributed by atoms with E-state index < -0.39 is 17.8 Å². The number of pyridine rings is 1. The second-order valence-corrected chi connectivity index (χ2v) is 7.47. The third-order valence-electron chi connectivity index (χ3n) is 5.50. The molecule has 1 fully saturated rings. The SMILES string of the molecule is COC1CCC(N(C(=O)c2cc(-c3ccnc(C(F)(F)F)c3)ncn2)n2ccnc2)CC1. The van der Waals surface area contributed by atoms with E-state index in [1.54, 1.807) is 29.2 Å². The third kappa shape index (κ3) is 4.62. The molecule has 0 radical (unpaired) electrons. The molecule has 1 saturated carbocycles. The third-order valence-corrected chi connectivity index (χ3v) is 5.50. The first-order chi connectivity index (χ1) is 15.4. The van der Waals surface area contributed by atoms with Crippen molar-refractivity contribution < 1.29 is 22.7 Å². The van der Waals surface area contributed by atoms with Gasteiger partial charge in [0.15, 0.2) is 0 Å². The van der Waals surface area contributed by atoms with Gasteiger partial charge in [-0.2, -0.15) is 13.2 Å². The predicted molar refractivity (Wildman–Crippen MR) is 108 cm³/mol. The van der Waals surface area contributed by atoms with Gasteiger partial charge in [0.1, 0.15) is 24.0 Å². The Morgan fingerprint density at radius 2 is 1.91 bits per heavy atom. The predicted octanol–water partition coefficient (Wildman–Crippen LogP) is 3.49. The number of aromatic nitrogens is 5. The molecule has 4 rings (SSSR count). The summed E-state index contributed by atoms with van der Waals surface area (Å²) in [6.45, 7) is 0. The zero-order chi connectivity index (χ0) is 22.7. The van der Waals surface area contributed by atoms with Crippen molar-refractivity contribution in [1.29, 1.82) is 0 Å². The van der Waals surface area contributed by atoms with E-state index >= 15 is 0 Å². The average Bonchev–Trinajstić information content (AvgIpc) is 3.33. The van der Waals surface area contributed by atoms with Crippen LogP contribution in [0.2, 0.25) is 0 Å². The highest BCUT2D eigenvalue weighted by Crippen LogP contribution is 2.30. The number of halogens is 3. The van der Waals surface area contributed by atoms with Gasteiger partial charge in [-0.25, -0.2) is 24.6 Å². The lowest BCUT2D eigenvalue weighted by atomic mass is 9.92. The molecule has 0 N–H and O–H groups in total. The van der Waals surface area contributed by atoms with Crippen LogP contribution in [0.4, 0.5) is 13.2 Å². The van der Waals surface area contributed by atoms with Crippen LogP contribution in [-0.2, 0) is 10.9 Å². The highest BCUT2D eigenvalue weighted by atomic mass is 19.4. The van der Waals surface area contributed by atoms with E-state index in [2.05, 4.69) is 19.9 Å². The van der Waals surface area contributed by atoms with E-state index in [9.17, 15) is 18.0 Å². The Labute approximate surface area is 182 Å². The number of alkyl halides is 3. The second kappa shape index (κ2) is 9.03. The van der Waals surface area contributed by atoms with Gasteiger partial charge >= 0.3 is 6.18 Å². The molecule has 0 bridgehead atoms. The minimum atomic E-state index is -4.58. The van der Waals surface area contributed by atoms with Crippen LogP contribution in [-0.4, -0.2) is 49.8 Å². The first-order valence-corrected chi connectivity index (χ1v) is 10.1. The van der Waals surface area contributed by atoms with E-state index in [0.29, 0.717) is 0 Å². The Morgan fingerprint density at radius 1 is 1.12 bits per heavy atom. The molecule has 3 aromatic rings. The standard InChI is InChI=1S/C21H21F3N6O2/c1-32-16-4-2-15(3-5-16)30(29-9-8-25-13-29)20(31)18-11-17(27-12-28-18)14-6-7-26-19(10-14)21(22,23)24/h6-13,15-16H,2-5H2,1H3. The normalized spacial score (nSPS) is 19.0. The van der Waals surface area contributed by atoms with Crippen LogP contribution in [0.25, 0.3) is 11.3 Å². The fourth-order valence-corrected chi connectivity index (χ4v) is 3.86. The smallest absolute Gasteiger partial charge is 0.381 e. The lowest BCUT2D eigenvalue weighted by molar-refractivity contribution is -0.141. The van der Waals surface area contributed by atoms with Crippen LogP contribution >= 0.6 is 0 Å². The maximum Gasteiger partial charge on any atom is 0.433 e. The largest absolute Gasteiger partial charge is 0.433 e. The number of carbonyl (C=O) groups excluding carboxylic acids is 1. The maximum absolute atomic E-state index is 13.5. The summed E-state index contributed by atoms with van der Waals surface area (Å²) in [4.78, 5) is 29.0. The first-order valence-electron chi connectivity index (χ1n) is 10.1. The Morgan fingerprint density at radius 3 is 2.56 bits per heavy atom. The zero-order valence-electron chi connectivity index (χ0n) is 17.2. The van der Waals surface area contributed by atoms with Gasteiger partial charge in [-0.15, -0.1) is 0 Å². The number of imidazole rings is 1. The van der Waals surface area contributed by atoms with Crippen molar-refractivity contribution >= 4 is 5.91 Å². The van der Waals surface area contributed by atoms with E-state index in [1.807, 2.05) is 0 Å². The highest BCUT2D eigenvalue weighted by Gasteiger charge is 2.33. The van der Waals surface area contributed by atoms with E-state index in [1.165, 1.54) is 24.8 Å². The van der Waals surface area contributed by atoms with Crippen molar-refractivity contribution in [2.75, 3.05) is 12.1 Å². The first kappa shape index (κ1) is 21.9. The van der Waals surface area contributed by atoms with Gasteiger partial charge < -0.3 is 4.74 Å². The van der Waals surface area contributed by atoms with Gasteiger partial charge in [-0.05, 0) is 43.9 Å². The molecule has 8 nitrogen and oxygen atoms in total. The zero-order valence-corrected chi connectivity index (χ0v) is 17.2. The molecule has 0 unspecified atom stereocenters. The summed E-state index contributed by atoms with van der Waals surface area (Å²) in [5.41, 5.74) is -0.567. The topological polar surface area (TPSA) is 86.0 Å². The molecular weight excluding hydrogens is 425 g/mol. The number of methoxy groups -OCH3 is 1. The molecule has 11 heteroatoms. The number of hydrogen-bond acceptors (Lipinski definition) is 6. The molecule has 0 aliphatic heterocycles. The lowest BCUT2D eigenvalue weighted by Gasteiger charge is -2.36. The van der Waals surface area contributed by atoms with Gasteiger partial charge in [0.2, 0.25) is 0 Å². The summed E-state index contributed by atoms with van der Waals surface area (Å²) in [5, 5.41) is 1.58. The van der Waals surface area contributed by atoms with Crippen LogP contribution < -0.4 is 5.01 Å². The molecule has 168 valence electrons. The second-order valence-electron chi connectivity index (χ2n) is 7.47. The summed E-state index contributed by atoms with van der Waals surface area (Å²) in [6, 6.07) is 3.60. The van der Waals surface area contributed by atoms with Crippen LogP contribution in [0.1, 0.15) is 41.9 Å². The van der Waals surface area contributed by atoms with Gasteiger partial charge in [-0.3, -0.25) is 9.78 Å². The number of nitrogens with zero attached hydrogens (tertiary/aromatic N) is 6. The number of amides is 1. The van der Waals surface area contributed by atoms with Crippen molar-refractivity contribution in [2.45, 2.75) is 44.0 Å². The monoisotopic (exact) mass is 446 g/mol. The summed E-state index contributed by atoms with van der Waals surface area (Å²) < 4.78 is 46.2. The fourth-order valence-electron chi connectivity index (χ4n) is 3.86. The summed E-state index contributed by atoms with van der Waals surface area (Å²) in [6.07, 6.45) is 5.67. The Hall–Kier alpha value is -3.34. The molecule has 0 atom stereocenters. The molecule has 0 spiro atoms. The number of hydrogen-bond donors (Lipinski definition) is 0. The maximum atomic E-state index is 13.5. The molecule has 1 aliphatic rings. The molecule has 0 aromatic carbocycles. The molecule has 32 heavy (non-hydrogen) atoms. The number of rotatable bonds is 5. The molecule has 1 aliphatic carbocycles. The summed E-state index contributed by atoms with van der Waals surface area (Å²) in [7, 11) is 1.68. The van der Waals surface area contributed by atoms with Crippen molar-refractivity contribution in [3.05, 3.63) is 60.8 Å². The van der Waals surface area contributed by atoms with Crippen LogP contribution in [0.3, 0.4) is 0 Å². The van der Waals surface area contributed by atoms with Gasteiger partial charge in [0.25, 0.3) is 5.91 Å².